The van der Waals surface area contributed by atoms with Crippen molar-refractivity contribution in [3.8, 4) is 0 Å². The van der Waals surface area contributed by atoms with E-state index in [1.54, 1.807) is 0 Å². The number of aliphatic carboxylic acids is 2. The van der Waals surface area contributed by atoms with Crippen LogP contribution in [0.15, 0.2) is 0 Å². The van der Waals surface area contributed by atoms with Gasteiger partial charge in [0.05, 0.1) is 11.8 Å². The normalized spacial score (nSPS) is 9.29. The largest absolute Gasteiger partial charge is 0.481 e. The van der Waals surface area contributed by atoms with Gasteiger partial charge in [0.25, 0.3) is 0 Å². The van der Waals surface area contributed by atoms with Crippen molar-refractivity contribution in [1.29, 1.82) is 0 Å². The van der Waals surface area contributed by atoms with Crippen LogP contribution in [0, 0.1) is 11.8 Å². The number of carboxylic acid groups (broad SMARTS) is 2. The quantitative estimate of drug-likeness (QED) is 0.729. The monoisotopic (exact) mass is 272 g/mol. The fourth-order valence-corrected chi connectivity index (χ4v) is 1.28. The molecular formula is C12H24CaO4. The van der Waals surface area contributed by atoms with E-state index in [1.165, 1.54) is 0 Å². The number of hydrogen-bond donors (Lipinski definition) is 2. The maximum Gasteiger partial charge on any atom is 0.306 e. The molecule has 0 aromatic heterocycles. The molecule has 0 spiro atoms. The molecule has 2 N–H and O–H groups in total. The third kappa shape index (κ3) is 12.4. The summed E-state index contributed by atoms with van der Waals surface area (Å²) in [6.45, 7) is 7.56. The van der Waals surface area contributed by atoms with Crippen LogP contribution in [0.25, 0.3) is 0 Å². The molecule has 2 radical (unpaired) electrons. The van der Waals surface area contributed by atoms with Crippen molar-refractivity contribution >= 4 is 49.7 Å². The van der Waals surface area contributed by atoms with E-state index in [0.29, 0.717) is 0 Å². The Kier molecular flexibility index (Phi) is 18.8. The molecule has 0 atom stereocenters. The van der Waals surface area contributed by atoms with Gasteiger partial charge in [-0.25, -0.2) is 0 Å². The molecule has 0 fully saturated rings. The third-order valence-electron chi connectivity index (χ3n) is 2.67. The van der Waals surface area contributed by atoms with Gasteiger partial charge in [0.2, 0.25) is 0 Å². The van der Waals surface area contributed by atoms with Crippen LogP contribution in [0.2, 0.25) is 0 Å². The van der Waals surface area contributed by atoms with E-state index < -0.39 is 11.9 Å². The molecule has 0 aromatic carbocycles. The Bertz CT molecular complexity index is 177. The zero-order valence-corrected chi connectivity index (χ0v) is 13.6. The molecule has 0 bridgehead atoms. The molecule has 0 aromatic rings. The van der Waals surface area contributed by atoms with Gasteiger partial charge in [0.1, 0.15) is 0 Å². The molecule has 0 amide bonds. The molecule has 17 heavy (non-hydrogen) atoms. The van der Waals surface area contributed by atoms with E-state index in [4.69, 9.17) is 10.2 Å². The van der Waals surface area contributed by atoms with Crippen molar-refractivity contribution in [2.45, 2.75) is 53.4 Å². The number of carbonyl (C=O) groups is 2. The molecule has 0 saturated heterocycles. The Balaban J connectivity index is -0.000000218. The predicted molar refractivity (Wildman–Crippen MR) is 69.2 cm³/mol. The van der Waals surface area contributed by atoms with E-state index in [9.17, 15) is 9.59 Å². The second-order valence-electron chi connectivity index (χ2n) is 3.70. The molecular weight excluding hydrogens is 248 g/mol. The first-order valence-corrected chi connectivity index (χ1v) is 5.89. The van der Waals surface area contributed by atoms with E-state index in [-0.39, 0.29) is 49.6 Å². The van der Waals surface area contributed by atoms with Crippen LogP contribution in [-0.2, 0) is 9.59 Å². The number of hydrogen-bond acceptors (Lipinski definition) is 2. The first-order chi connectivity index (χ1) is 7.44. The summed E-state index contributed by atoms with van der Waals surface area (Å²) in [6.07, 6.45) is 2.97. The summed E-state index contributed by atoms with van der Waals surface area (Å²) in [5.74, 6) is -1.60. The number of rotatable bonds is 6. The average molecular weight is 272 g/mol. The summed E-state index contributed by atoms with van der Waals surface area (Å²) in [4.78, 5) is 20.3. The van der Waals surface area contributed by atoms with Crippen LogP contribution in [0.5, 0.6) is 0 Å². The molecule has 0 unspecified atom stereocenters. The molecule has 98 valence electrons. The Labute approximate surface area is 134 Å². The van der Waals surface area contributed by atoms with Crippen molar-refractivity contribution in [1.82, 2.24) is 0 Å². The molecule has 0 saturated carbocycles. The standard InChI is InChI=1S/2C6H12O2.Ca/c2*1-3-5(4-2)6(7)8;/h2*5H,3-4H2,1-2H3,(H,7,8);. The third-order valence-corrected chi connectivity index (χ3v) is 2.67. The van der Waals surface area contributed by atoms with Crippen LogP contribution in [0.3, 0.4) is 0 Å². The predicted octanol–water partition coefficient (Wildman–Crippen LogP) is 2.63. The van der Waals surface area contributed by atoms with Gasteiger partial charge in [-0.2, -0.15) is 0 Å². The van der Waals surface area contributed by atoms with Crippen LogP contribution in [-0.4, -0.2) is 59.9 Å². The SMILES string of the molecule is CCC(CC)C(=O)O.CCC(CC)C(=O)O.[Ca]. The maximum atomic E-state index is 10.2. The summed E-state index contributed by atoms with van der Waals surface area (Å²) < 4.78 is 0. The Hall–Kier alpha value is 0.200. The molecule has 0 aliphatic carbocycles. The van der Waals surface area contributed by atoms with Gasteiger partial charge < -0.3 is 10.2 Å². The van der Waals surface area contributed by atoms with Crippen molar-refractivity contribution in [2.75, 3.05) is 0 Å². The van der Waals surface area contributed by atoms with E-state index in [2.05, 4.69) is 0 Å². The molecule has 0 aliphatic heterocycles. The van der Waals surface area contributed by atoms with Gasteiger partial charge in [-0.1, -0.05) is 27.7 Å². The Morgan fingerprint density at radius 1 is 0.765 bits per heavy atom. The summed E-state index contributed by atoms with van der Waals surface area (Å²) in [6, 6.07) is 0. The van der Waals surface area contributed by atoms with Crippen molar-refractivity contribution in [3.05, 3.63) is 0 Å². The van der Waals surface area contributed by atoms with Crippen molar-refractivity contribution in [3.63, 3.8) is 0 Å². The summed E-state index contributed by atoms with van der Waals surface area (Å²) >= 11 is 0. The fraction of sp³-hybridized carbons (Fsp3) is 0.833. The van der Waals surface area contributed by atoms with Gasteiger partial charge >= 0.3 is 11.9 Å². The summed E-state index contributed by atoms with van der Waals surface area (Å²) in [7, 11) is 0. The van der Waals surface area contributed by atoms with Crippen LogP contribution < -0.4 is 0 Å². The summed E-state index contributed by atoms with van der Waals surface area (Å²) in [5, 5.41) is 16.7. The second-order valence-corrected chi connectivity index (χ2v) is 3.70. The topological polar surface area (TPSA) is 74.6 Å². The molecule has 4 nitrogen and oxygen atoms in total. The van der Waals surface area contributed by atoms with Crippen LogP contribution in [0.1, 0.15) is 53.4 Å². The molecule has 0 rings (SSSR count). The minimum atomic E-state index is -0.671. The first kappa shape index (κ1) is 22.4. The van der Waals surface area contributed by atoms with Crippen molar-refractivity contribution < 1.29 is 19.8 Å². The average Bonchev–Trinajstić information content (AvgIpc) is 2.21. The van der Waals surface area contributed by atoms with Gasteiger partial charge in [0, 0.05) is 37.7 Å². The smallest absolute Gasteiger partial charge is 0.306 e. The van der Waals surface area contributed by atoms with Gasteiger partial charge in [-0.05, 0) is 25.7 Å². The second kappa shape index (κ2) is 14.3. The van der Waals surface area contributed by atoms with E-state index in [1.807, 2.05) is 27.7 Å². The van der Waals surface area contributed by atoms with Gasteiger partial charge in [0.15, 0.2) is 0 Å². The van der Waals surface area contributed by atoms with E-state index in [0.717, 1.165) is 25.7 Å². The van der Waals surface area contributed by atoms with Gasteiger partial charge in [-0.3, -0.25) is 9.59 Å². The molecule has 0 aliphatic rings. The molecule has 0 heterocycles. The van der Waals surface area contributed by atoms with Crippen LogP contribution >= 0.6 is 0 Å². The van der Waals surface area contributed by atoms with Gasteiger partial charge in [-0.15, -0.1) is 0 Å². The Morgan fingerprint density at radius 3 is 0.941 bits per heavy atom. The van der Waals surface area contributed by atoms with Crippen LogP contribution in [0.4, 0.5) is 0 Å². The first-order valence-electron chi connectivity index (χ1n) is 5.89. The minimum absolute atomic E-state index is 0. The van der Waals surface area contributed by atoms with E-state index >= 15 is 0 Å². The Morgan fingerprint density at radius 2 is 0.941 bits per heavy atom. The number of carboxylic acids is 2. The van der Waals surface area contributed by atoms with Crippen molar-refractivity contribution in [2.24, 2.45) is 11.8 Å². The maximum absolute atomic E-state index is 10.2. The molecule has 5 heteroatoms. The zero-order chi connectivity index (χ0) is 13.1. The fourth-order valence-electron chi connectivity index (χ4n) is 1.28. The minimum Gasteiger partial charge on any atom is -0.481 e. The zero-order valence-electron chi connectivity index (χ0n) is 11.4. The summed E-state index contributed by atoms with van der Waals surface area (Å²) in [5.41, 5.74) is 0.